The maximum Gasteiger partial charge on any atom is 0.144 e. The van der Waals surface area contributed by atoms with Gasteiger partial charge < -0.3 is 11.1 Å². The first-order valence-electron chi connectivity index (χ1n) is 5.12. The van der Waals surface area contributed by atoms with E-state index in [1.54, 1.807) is 10.9 Å². The topological polar surface area (TPSA) is 68.8 Å². The normalized spacial score (nSPS) is 27.6. The summed E-state index contributed by atoms with van der Waals surface area (Å²) in [5.41, 5.74) is 5.84. The molecule has 0 aromatic carbocycles. The van der Waals surface area contributed by atoms with E-state index < -0.39 is 0 Å². The van der Waals surface area contributed by atoms with Crippen LogP contribution in [-0.4, -0.2) is 27.1 Å². The van der Waals surface area contributed by atoms with Gasteiger partial charge in [0.1, 0.15) is 5.82 Å². The van der Waals surface area contributed by atoms with E-state index in [1.165, 1.54) is 0 Å². The molecule has 1 aliphatic rings. The van der Waals surface area contributed by atoms with Crippen molar-refractivity contribution in [1.82, 2.24) is 15.0 Å². The SMILES string of the molecule is Cn1nncc1NC1CCC(N)CC1. The van der Waals surface area contributed by atoms with Gasteiger partial charge in [0.2, 0.25) is 0 Å². The van der Waals surface area contributed by atoms with Gasteiger partial charge in [-0.3, -0.25) is 0 Å². The monoisotopic (exact) mass is 195 g/mol. The van der Waals surface area contributed by atoms with Crippen LogP contribution in [0.1, 0.15) is 25.7 Å². The minimum absolute atomic E-state index is 0.401. The quantitative estimate of drug-likeness (QED) is 0.721. The first-order valence-corrected chi connectivity index (χ1v) is 5.12. The van der Waals surface area contributed by atoms with Crippen molar-refractivity contribution >= 4 is 5.82 Å². The lowest BCUT2D eigenvalue weighted by Crippen LogP contribution is -2.33. The van der Waals surface area contributed by atoms with Crippen molar-refractivity contribution in [2.24, 2.45) is 12.8 Å². The Morgan fingerprint density at radius 1 is 1.43 bits per heavy atom. The van der Waals surface area contributed by atoms with Crippen molar-refractivity contribution in [1.29, 1.82) is 0 Å². The van der Waals surface area contributed by atoms with Crippen LogP contribution in [0.4, 0.5) is 5.82 Å². The summed E-state index contributed by atoms with van der Waals surface area (Å²) in [4.78, 5) is 0. The van der Waals surface area contributed by atoms with E-state index in [0.29, 0.717) is 12.1 Å². The summed E-state index contributed by atoms with van der Waals surface area (Å²) < 4.78 is 1.76. The number of anilines is 1. The summed E-state index contributed by atoms with van der Waals surface area (Å²) in [5.74, 6) is 0.991. The summed E-state index contributed by atoms with van der Waals surface area (Å²) in [6.45, 7) is 0. The number of nitrogens with zero attached hydrogens (tertiary/aromatic N) is 3. The molecule has 1 aromatic heterocycles. The highest BCUT2D eigenvalue weighted by Crippen LogP contribution is 2.20. The highest BCUT2D eigenvalue weighted by atomic mass is 15.4. The minimum Gasteiger partial charge on any atom is -0.366 e. The zero-order chi connectivity index (χ0) is 9.97. The van der Waals surface area contributed by atoms with E-state index in [4.69, 9.17) is 5.73 Å². The van der Waals surface area contributed by atoms with Crippen molar-refractivity contribution in [3.05, 3.63) is 6.20 Å². The molecule has 2 rings (SSSR count). The summed E-state index contributed by atoms with van der Waals surface area (Å²) in [5, 5.41) is 11.1. The molecule has 0 amide bonds. The van der Waals surface area contributed by atoms with Gasteiger partial charge in [-0.2, -0.15) is 0 Å². The molecular formula is C9H17N5. The maximum absolute atomic E-state index is 5.84. The lowest BCUT2D eigenvalue weighted by molar-refractivity contribution is 0.409. The van der Waals surface area contributed by atoms with Crippen LogP contribution in [0, 0.1) is 0 Å². The predicted octanol–water partition coefficient (Wildman–Crippen LogP) is 0.497. The van der Waals surface area contributed by atoms with Gasteiger partial charge in [0.15, 0.2) is 0 Å². The second-order valence-electron chi connectivity index (χ2n) is 4.00. The lowest BCUT2D eigenvalue weighted by Gasteiger charge is -2.27. The van der Waals surface area contributed by atoms with Crippen molar-refractivity contribution in [3.8, 4) is 0 Å². The van der Waals surface area contributed by atoms with Crippen LogP contribution in [0.15, 0.2) is 6.20 Å². The smallest absolute Gasteiger partial charge is 0.144 e. The minimum atomic E-state index is 0.401. The molecule has 0 spiro atoms. The average molecular weight is 195 g/mol. The summed E-state index contributed by atoms with van der Waals surface area (Å²) >= 11 is 0. The zero-order valence-electron chi connectivity index (χ0n) is 8.48. The van der Waals surface area contributed by atoms with Gasteiger partial charge in [-0.25, -0.2) is 4.68 Å². The average Bonchev–Trinajstić information content (AvgIpc) is 2.56. The molecule has 0 unspecified atom stereocenters. The van der Waals surface area contributed by atoms with Crippen molar-refractivity contribution in [3.63, 3.8) is 0 Å². The molecule has 0 bridgehead atoms. The number of hydrogen-bond acceptors (Lipinski definition) is 4. The summed E-state index contributed by atoms with van der Waals surface area (Å²) in [6.07, 6.45) is 6.28. The predicted molar refractivity (Wildman–Crippen MR) is 54.9 cm³/mol. The second kappa shape index (κ2) is 3.96. The molecule has 0 saturated heterocycles. The molecule has 1 aromatic rings. The van der Waals surface area contributed by atoms with Crippen molar-refractivity contribution in [2.75, 3.05) is 5.32 Å². The number of nitrogens with two attached hydrogens (primary N) is 1. The van der Waals surface area contributed by atoms with Gasteiger partial charge >= 0.3 is 0 Å². The molecule has 5 heteroatoms. The molecule has 1 aliphatic carbocycles. The molecule has 0 aliphatic heterocycles. The molecular weight excluding hydrogens is 178 g/mol. The first-order chi connectivity index (χ1) is 6.75. The van der Waals surface area contributed by atoms with Gasteiger partial charge in [-0.05, 0) is 25.7 Å². The molecule has 78 valence electrons. The van der Waals surface area contributed by atoms with Crippen LogP contribution in [-0.2, 0) is 7.05 Å². The Balaban J connectivity index is 1.89. The number of hydrogen-bond donors (Lipinski definition) is 2. The van der Waals surface area contributed by atoms with Gasteiger partial charge in [0.05, 0.1) is 6.20 Å². The largest absolute Gasteiger partial charge is 0.366 e. The van der Waals surface area contributed by atoms with Crippen LogP contribution in [0.5, 0.6) is 0 Å². The molecule has 0 atom stereocenters. The third-order valence-corrected chi connectivity index (χ3v) is 2.84. The molecule has 0 radical (unpaired) electrons. The van der Waals surface area contributed by atoms with Crippen LogP contribution in [0.25, 0.3) is 0 Å². The third-order valence-electron chi connectivity index (χ3n) is 2.84. The zero-order valence-corrected chi connectivity index (χ0v) is 8.48. The lowest BCUT2D eigenvalue weighted by atomic mass is 9.92. The van der Waals surface area contributed by atoms with Gasteiger partial charge in [0, 0.05) is 19.1 Å². The fraction of sp³-hybridized carbons (Fsp3) is 0.778. The van der Waals surface area contributed by atoms with Gasteiger partial charge in [-0.15, -0.1) is 5.10 Å². The molecule has 1 fully saturated rings. The highest BCUT2D eigenvalue weighted by molar-refractivity contribution is 5.32. The van der Waals surface area contributed by atoms with E-state index >= 15 is 0 Å². The standard InChI is InChI=1S/C9H17N5/c1-14-9(6-11-13-14)12-8-4-2-7(10)3-5-8/h6-8,12H,2-5,10H2,1H3. The molecule has 3 N–H and O–H groups in total. The molecule has 14 heavy (non-hydrogen) atoms. The maximum atomic E-state index is 5.84. The Morgan fingerprint density at radius 2 is 2.14 bits per heavy atom. The van der Waals surface area contributed by atoms with E-state index in [-0.39, 0.29) is 0 Å². The molecule has 5 nitrogen and oxygen atoms in total. The molecule has 1 heterocycles. The van der Waals surface area contributed by atoms with Gasteiger partial charge in [0.25, 0.3) is 0 Å². The Labute approximate surface area is 83.7 Å². The fourth-order valence-corrected chi connectivity index (χ4v) is 1.89. The summed E-state index contributed by atoms with van der Waals surface area (Å²) in [6, 6.07) is 0.935. The van der Waals surface area contributed by atoms with Gasteiger partial charge in [-0.1, -0.05) is 5.21 Å². The second-order valence-corrected chi connectivity index (χ2v) is 4.00. The number of aryl methyl sites for hydroxylation is 1. The van der Waals surface area contributed by atoms with E-state index in [2.05, 4.69) is 15.6 Å². The van der Waals surface area contributed by atoms with E-state index in [0.717, 1.165) is 31.5 Å². The van der Waals surface area contributed by atoms with Crippen LogP contribution < -0.4 is 11.1 Å². The number of rotatable bonds is 2. The Kier molecular flexibility index (Phi) is 2.67. The Morgan fingerprint density at radius 3 is 2.71 bits per heavy atom. The number of aromatic nitrogens is 3. The van der Waals surface area contributed by atoms with Crippen LogP contribution >= 0.6 is 0 Å². The summed E-state index contributed by atoms with van der Waals surface area (Å²) in [7, 11) is 1.89. The van der Waals surface area contributed by atoms with E-state index in [1.807, 2.05) is 7.05 Å². The Bertz CT molecular complexity index is 287. The van der Waals surface area contributed by atoms with Crippen LogP contribution in [0.2, 0.25) is 0 Å². The van der Waals surface area contributed by atoms with Crippen LogP contribution in [0.3, 0.4) is 0 Å². The van der Waals surface area contributed by atoms with Crippen molar-refractivity contribution in [2.45, 2.75) is 37.8 Å². The van der Waals surface area contributed by atoms with Crippen molar-refractivity contribution < 1.29 is 0 Å². The number of nitrogens with one attached hydrogen (secondary N) is 1. The Hall–Kier alpha value is -1.10. The molecule has 1 saturated carbocycles. The third kappa shape index (κ3) is 2.04. The first kappa shape index (κ1) is 9.45. The van der Waals surface area contributed by atoms with E-state index in [9.17, 15) is 0 Å². The highest BCUT2D eigenvalue weighted by Gasteiger charge is 2.18. The fourth-order valence-electron chi connectivity index (χ4n) is 1.89.